The van der Waals surface area contributed by atoms with E-state index in [1.54, 1.807) is 6.20 Å². The Bertz CT molecular complexity index is 616. The first kappa shape index (κ1) is 14.1. The number of carbonyl (C=O) groups excluding carboxylic acids is 1. The highest BCUT2D eigenvalue weighted by Gasteiger charge is 2.11. The van der Waals surface area contributed by atoms with E-state index in [4.69, 9.17) is 0 Å². The molecule has 1 amide bonds. The minimum atomic E-state index is -0.117. The Labute approximate surface area is 119 Å². The van der Waals surface area contributed by atoms with Gasteiger partial charge in [0.05, 0.1) is 11.9 Å². The molecular weight excluding hydrogens is 252 g/mol. The van der Waals surface area contributed by atoms with Crippen molar-refractivity contribution in [2.24, 2.45) is 0 Å². The second-order valence-corrected chi connectivity index (χ2v) is 5.04. The highest BCUT2D eigenvalue weighted by atomic mass is 16.1. The van der Waals surface area contributed by atoms with Crippen molar-refractivity contribution in [3.63, 3.8) is 0 Å². The Hall–Kier alpha value is -2.30. The number of aromatic nitrogens is 2. The van der Waals surface area contributed by atoms with E-state index in [0.717, 1.165) is 11.3 Å². The predicted molar refractivity (Wildman–Crippen MR) is 81.3 cm³/mol. The third-order valence-electron chi connectivity index (χ3n) is 3.15. The maximum Gasteiger partial charge on any atom is 0.256 e. The fourth-order valence-electron chi connectivity index (χ4n) is 1.96. The molecule has 0 aliphatic carbocycles. The van der Waals surface area contributed by atoms with E-state index in [9.17, 15) is 4.79 Å². The van der Waals surface area contributed by atoms with Gasteiger partial charge < -0.3 is 10.6 Å². The van der Waals surface area contributed by atoms with E-state index in [2.05, 4.69) is 15.7 Å². The second-order valence-electron chi connectivity index (χ2n) is 5.04. The highest BCUT2D eigenvalue weighted by Crippen LogP contribution is 2.17. The zero-order valence-electron chi connectivity index (χ0n) is 12.3. The average molecular weight is 272 g/mol. The van der Waals surface area contributed by atoms with Gasteiger partial charge in [-0.05, 0) is 44.5 Å². The fourth-order valence-corrected chi connectivity index (χ4v) is 1.96. The number of rotatable bonds is 4. The molecular formula is C15H20N4O. The van der Waals surface area contributed by atoms with Gasteiger partial charge in [0.2, 0.25) is 0 Å². The number of benzene rings is 1. The molecule has 5 nitrogen and oxygen atoms in total. The van der Waals surface area contributed by atoms with Crippen molar-refractivity contribution in [1.29, 1.82) is 0 Å². The summed E-state index contributed by atoms with van der Waals surface area (Å²) in [5.41, 5.74) is 3.30. The molecule has 0 radical (unpaired) electrons. The minimum Gasteiger partial charge on any atom is -0.388 e. The van der Waals surface area contributed by atoms with Crippen LogP contribution in [0.5, 0.6) is 0 Å². The highest BCUT2D eigenvalue weighted by molar-refractivity contribution is 6.05. The molecule has 1 heterocycles. The maximum absolute atomic E-state index is 12.2. The van der Waals surface area contributed by atoms with E-state index in [1.807, 2.05) is 56.9 Å². The third-order valence-corrected chi connectivity index (χ3v) is 3.15. The largest absolute Gasteiger partial charge is 0.388 e. The molecule has 0 saturated carbocycles. The van der Waals surface area contributed by atoms with Crippen LogP contribution in [0.1, 0.15) is 35.8 Å². The molecule has 0 aliphatic rings. The van der Waals surface area contributed by atoms with Crippen LogP contribution in [0.25, 0.3) is 0 Å². The molecule has 0 saturated heterocycles. The van der Waals surface area contributed by atoms with E-state index >= 15 is 0 Å². The average Bonchev–Trinajstić information content (AvgIpc) is 2.87. The van der Waals surface area contributed by atoms with Crippen LogP contribution in [0.15, 0.2) is 30.6 Å². The molecule has 1 aromatic heterocycles. The summed E-state index contributed by atoms with van der Waals surface area (Å²) in [4.78, 5) is 12.2. The van der Waals surface area contributed by atoms with Crippen molar-refractivity contribution in [3.05, 3.63) is 41.7 Å². The molecule has 0 bridgehead atoms. The normalized spacial score (nSPS) is 10.7. The van der Waals surface area contributed by atoms with Gasteiger partial charge >= 0.3 is 0 Å². The van der Waals surface area contributed by atoms with Crippen LogP contribution in [0.4, 0.5) is 11.4 Å². The van der Waals surface area contributed by atoms with Crippen molar-refractivity contribution in [2.75, 3.05) is 17.7 Å². The van der Waals surface area contributed by atoms with Crippen molar-refractivity contribution < 1.29 is 4.79 Å². The molecule has 20 heavy (non-hydrogen) atoms. The maximum atomic E-state index is 12.2. The Morgan fingerprint density at radius 3 is 2.60 bits per heavy atom. The van der Waals surface area contributed by atoms with E-state index in [-0.39, 0.29) is 11.9 Å². The fraction of sp³-hybridized carbons (Fsp3) is 0.333. The van der Waals surface area contributed by atoms with Gasteiger partial charge in [-0.2, -0.15) is 5.10 Å². The van der Waals surface area contributed by atoms with Crippen LogP contribution in [0.2, 0.25) is 0 Å². The number of hydrogen-bond acceptors (Lipinski definition) is 3. The van der Waals surface area contributed by atoms with Gasteiger partial charge in [-0.25, -0.2) is 0 Å². The summed E-state index contributed by atoms with van der Waals surface area (Å²) in [7, 11) is 1.86. The Morgan fingerprint density at radius 1 is 1.30 bits per heavy atom. The summed E-state index contributed by atoms with van der Waals surface area (Å²) in [5.74, 6) is -0.117. The number of aryl methyl sites for hydroxylation is 1. The zero-order chi connectivity index (χ0) is 14.7. The number of anilines is 2. The number of carbonyl (C=O) groups is 1. The molecule has 0 unspecified atom stereocenters. The van der Waals surface area contributed by atoms with Gasteiger partial charge in [-0.1, -0.05) is 0 Å². The molecule has 0 aliphatic heterocycles. The first-order chi connectivity index (χ1) is 9.51. The molecule has 0 spiro atoms. The number of hydrogen-bond donors (Lipinski definition) is 2. The molecule has 2 N–H and O–H groups in total. The SMILES string of the molecule is CNc1ccc(C(=O)Nc2cnn(C(C)C)c2)c(C)c1. The topological polar surface area (TPSA) is 59.0 Å². The lowest BCUT2D eigenvalue weighted by atomic mass is 10.1. The number of amides is 1. The standard InChI is InChI=1S/C15H20N4O/c1-10(2)19-9-13(8-17-19)18-15(20)14-6-5-12(16-4)7-11(14)3/h5-10,16H,1-4H3,(H,18,20). The number of nitrogens with zero attached hydrogens (tertiary/aromatic N) is 2. The van der Waals surface area contributed by atoms with Crippen LogP contribution >= 0.6 is 0 Å². The molecule has 2 aromatic rings. The lowest BCUT2D eigenvalue weighted by Gasteiger charge is -2.08. The summed E-state index contributed by atoms with van der Waals surface area (Å²) >= 11 is 0. The van der Waals surface area contributed by atoms with Crippen LogP contribution < -0.4 is 10.6 Å². The van der Waals surface area contributed by atoms with Crippen molar-refractivity contribution in [1.82, 2.24) is 9.78 Å². The van der Waals surface area contributed by atoms with E-state index in [0.29, 0.717) is 11.3 Å². The van der Waals surface area contributed by atoms with Gasteiger partial charge in [-0.15, -0.1) is 0 Å². The summed E-state index contributed by atoms with van der Waals surface area (Å²) in [6.45, 7) is 6.01. The summed E-state index contributed by atoms with van der Waals surface area (Å²) in [6, 6.07) is 5.94. The second kappa shape index (κ2) is 5.77. The van der Waals surface area contributed by atoms with Crippen LogP contribution in [-0.2, 0) is 0 Å². The molecule has 106 valence electrons. The lowest BCUT2D eigenvalue weighted by molar-refractivity contribution is 0.102. The Balaban J connectivity index is 2.15. The van der Waals surface area contributed by atoms with Gasteiger partial charge in [0.25, 0.3) is 5.91 Å². The molecule has 5 heteroatoms. The summed E-state index contributed by atoms with van der Waals surface area (Å²) in [6.07, 6.45) is 3.50. The third kappa shape index (κ3) is 2.99. The first-order valence-corrected chi connectivity index (χ1v) is 6.65. The van der Waals surface area contributed by atoms with Crippen molar-refractivity contribution >= 4 is 17.3 Å². The first-order valence-electron chi connectivity index (χ1n) is 6.65. The molecule has 2 rings (SSSR count). The minimum absolute atomic E-state index is 0.117. The van der Waals surface area contributed by atoms with Crippen molar-refractivity contribution in [3.8, 4) is 0 Å². The van der Waals surface area contributed by atoms with E-state index in [1.165, 1.54) is 0 Å². The molecule has 1 aromatic carbocycles. The summed E-state index contributed by atoms with van der Waals surface area (Å²) in [5, 5.41) is 10.1. The lowest BCUT2D eigenvalue weighted by Crippen LogP contribution is -2.13. The van der Waals surface area contributed by atoms with Crippen LogP contribution in [0, 0.1) is 6.92 Å². The summed E-state index contributed by atoms with van der Waals surface area (Å²) < 4.78 is 1.81. The van der Waals surface area contributed by atoms with Gasteiger partial charge in [0.1, 0.15) is 0 Å². The number of nitrogens with one attached hydrogen (secondary N) is 2. The smallest absolute Gasteiger partial charge is 0.256 e. The quantitative estimate of drug-likeness (QED) is 0.899. The van der Waals surface area contributed by atoms with E-state index < -0.39 is 0 Å². The zero-order valence-corrected chi connectivity index (χ0v) is 12.3. The van der Waals surface area contributed by atoms with Crippen LogP contribution in [-0.4, -0.2) is 22.7 Å². The molecule has 0 fully saturated rings. The Kier molecular flexibility index (Phi) is 4.08. The molecule has 0 atom stereocenters. The van der Waals surface area contributed by atoms with Crippen LogP contribution in [0.3, 0.4) is 0 Å². The van der Waals surface area contributed by atoms with Gasteiger partial charge in [0.15, 0.2) is 0 Å². The monoisotopic (exact) mass is 272 g/mol. The van der Waals surface area contributed by atoms with Gasteiger partial charge in [0, 0.05) is 30.5 Å². The predicted octanol–water partition coefficient (Wildman–Crippen LogP) is 3.07. The Morgan fingerprint density at radius 2 is 2.05 bits per heavy atom. The van der Waals surface area contributed by atoms with Crippen molar-refractivity contribution in [2.45, 2.75) is 26.8 Å². The van der Waals surface area contributed by atoms with Gasteiger partial charge in [-0.3, -0.25) is 9.48 Å².